The summed E-state index contributed by atoms with van der Waals surface area (Å²) in [6, 6.07) is 3.47. The third-order valence-corrected chi connectivity index (χ3v) is 2.33. The van der Waals surface area contributed by atoms with Gasteiger partial charge in [0.2, 0.25) is 11.8 Å². The molecule has 0 aliphatic heterocycles. The van der Waals surface area contributed by atoms with Crippen molar-refractivity contribution in [3.05, 3.63) is 29.0 Å². The minimum atomic E-state index is -0.536. The maximum Gasteiger partial charge on any atom is 0.231 e. The number of carbonyl (C=O) groups excluding carboxylic acids is 2. The zero-order valence-electron chi connectivity index (χ0n) is 9.10. The lowest BCUT2D eigenvalue weighted by Gasteiger charge is -2.19. The molecule has 92 valence electrons. The van der Waals surface area contributed by atoms with E-state index in [0.717, 1.165) is 0 Å². The number of carbonyl (C=O) groups is 2. The highest BCUT2D eigenvalue weighted by molar-refractivity contribution is 6.30. The zero-order valence-corrected chi connectivity index (χ0v) is 9.85. The molecule has 0 saturated heterocycles. The summed E-state index contributed by atoms with van der Waals surface area (Å²) >= 11 is 5.87. The minimum Gasteiger partial charge on any atom is -0.369 e. The predicted molar refractivity (Wildman–Crippen MR) is 62.9 cm³/mol. The van der Waals surface area contributed by atoms with E-state index in [1.165, 1.54) is 4.90 Å². The Morgan fingerprint density at radius 1 is 1.29 bits per heavy atom. The summed E-state index contributed by atoms with van der Waals surface area (Å²) in [5.41, 5.74) is 10.9. The molecule has 0 aliphatic rings. The number of rotatable bonds is 6. The highest BCUT2D eigenvalue weighted by atomic mass is 35.5. The molecule has 6 nitrogen and oxygen atoms in total. The molecular weight excluding hydrogens is 244 g/mol. The smallest absolute Gasteiger partial charge is 0.231 e. The van der Waals surface area contributed by atoms with Crippen LogP contribution >= 0.6 is 11.6 Å². The van der Waals surface area contributed by atoms with Gasteiger partial charge in [-0.1, -0.05) is 17.7 Å². The third kappa shape index (κ3) is 4.80. The van der Waals surface area contributed by atoms with Gasteiger partial charge in [-0.15, -0.1) is 0 Å². The van der Waals surface area contributed by atoms with Crippen molar-refractivity contribution in [2.75, 3.05) is 13.1 Å². The third-order valence-electron chi connectivity index (χ3n) is 1.99. The summed E-state index contributed by atoms with van der Waals surface area (Å²) in [4.78, 5) is 27.1. The first-order valence-electron chi connectivity index (χ1n) is 4.87. The van der Waals surface area contributed by atoms with E-state index < -0.39 is 11.8 Å². The van der Waals surface area contributed by atoms with E-state index in [9.17, 15) is 9.59 Å². The van der Waals surface area contributed by atoms with Gasteiger partial charge in [0, 0.05) is 18.3 Å². The summed E-state index contributed by atoms with van der Waals surface area (Å²) in [5, 5.41) is 0.325. The van der Waals surface area contributed by atoms with E-state index in [-0.39, 0.29) is 13.1 Å². The van der Waals surface area contributed by atoms with Gasteiger partial charge in [-0.2, -0.15) is 0 Å². The van der Waals surface area contributed by atoms with Crippen LogP contribution in [0.5, 0.6) is 0 Å². The van der Waals surface area contributed by atoms with Gasteiger partial charge in [0.15, 0.2) is 0 Å². The summed E-state index contributed by atoms with van der Waals surface area (Å²) < 4.78 is 0. The molecule has 1 heterocycles. The van der Waals surface area contributed by atoms with Crippen LogP contribution in [-0.2, 0) is 16.1 Å². The largest absolute Gasteiger partial charge is 0.369 e. The van der Waals surface area contributed by atoms with Crippen molar-refractivity contribution in [3.8, 4) is 0 Å². The van der Waals surface area contributed by atoms with Crippen molar-refractivity contribution in [2.45, 2.75) is 6.54 Å². The lowest BCUT2D eigenvalue weighted by atomic mass is 10.2. The van der Waals surface area contributed by atoms with Gasteiger partial charge >= 0.3 is 0 Å². The lowest BCUT2D eigenvalue weighted by Crippen LogP contribution is -2.39. The molecule has 0 radical (unpaired) electrons. The van der Waals surface area contributed by atoms with Gasteiger partial charge in [0.05, 0.1) is 13.1 Å². The van der Waals surface area contributed by atoms with Crippen LogP contribution in [0.3, 0.4) is 0 Å². The molecule has 0 saturated carbocycles. The van der Waals surface area contributed by atoms with Crippen LogP contribution in [-0.4, -0.2) is 34.8 Å². The lowest BCUT2D eigenvalue weighted by molar-refractivity contribution is -0.122. The molecule has 0 atom stereocenters. The molecule has 2 amide bonds. The first-order chi connectivity index (χ1) is 7.99. The fourth-order valence-electron chi connectivity index (χ4n) is 1.39. The topological polar surface area (TPSA) is 102 Å². The Labute approximate surface area is 104 Å². The van der Waals surface area contributed by atoms with Gasteiger partial charge in [-0.05, 0) is 6.07 Å². The van der Waals surface area contributed by atoms with Crippen molar-refractivity contribution in [1.29, 1.82) is 0 Å². The Bertz CT molecular complexity index is 409. The minimum absolute atomic E-state index is 0.0613. The van der Waals surface area contributed by atoms with Crippen molar-refractivity contribution >= 4 is 23.4 Å². The second kappa shape index (κ2) is 6.17. The van der Waals surface area contributed by atoms with Crippen LogP contribution in [0.15, 0.2) is 18.3 Å². The number of hydrogen-bond donors (Lipinski definition) is 2. The van der Waals surface area contributed by atoms with Crippen molar-refractivity contribution in [1.82, 2.24) is 9.88 Å². The summed E-state index contributed by atoms with van der Waals surface area (Å²) in [5.74, 6) is -1.07. The zero-order chi connectivity index (χ0) is 12.8. The van der Waals surface area contributed by atoms with Gasteiger partial charge in [0.1, 0.15) is 5.15 Å². The summed E-state index contributed by atoms with van der Waals surface area (Å²) in [6.45, 7) is 0.168. The maximum absolute atomic E-state index is 10.8. The van der Waals surface area contributed by atoms with Gasteiger partial charge in [-0.3, -0.25) is 14.5 Å². The van der Waals surface area contributed by atoms with Crippen LogP contribution in [0.2, 0.25) is 5.15 Å². The number of aromatic nitrogens is 1. The molecule has 0 aliphatic carbocycles. The van der Waals surface area contributed by atoms with Crippen molar-refractivity contribution in [2.24, 2.45) is 11.5 Å². The normalized spacial score (nSPS) is 10.5. The van der Waals surface area contributed by atoms with Crippen molar-refractivity contribution in [3.63, 3.8) is 0 Å². The Morgan fingerprint density at radius 3 is 2.35 bits per heavy atom. The SMILES string of the molecule is NC(=O)CN(CC(N)=O)Cc1cccnc1Cl. The molecular formula is C10H13ClN4O2. The number of primary amides is 2. The van der Waals surface area contributed by atoms with Crippen molar-refractivity contribution < 1.29 is 9.59 Å². The van der Waals surface area contributed by atoms with E-state index in [0.29, 0.717) is 17.3 Å². The average Bonchev–Trinajstić information content (AvgIpc) is 2.19. The molecule has 0 fully saturated rings. The molecule has 0 unspecified atom stereocenters. The number of nitrogens with two attached hydrogens (primary N) is 2. The van der Waals surface area contributed by atoms with Gasteiger partial charge in [-0.25, -0.2) is 4.98 Å². The van der Waals surface area contributed by atoms with E-state index in [2.05, 4.69) is 4.98 Å². The Kier molecular flexibility index (Phi) is 4.86. The average molecular weight is 257 g/mol. The van der Waals surface area contributed by atoms with Crippen LogP contribution in [0.4, 0.5) is 0 Å². The quantitative estimate of drug-likeness (QED) is 0.670. The highest BCUT2D eigenvalue weighted by Gasteiger charge is 2.13. The van der Waals surface area contributed by atoms with Crippen LogP contribution < -0.4 is 11.5 Å². The number of amides is 2. The summed E-state index contributed by atoms with van der Waals surface area (Å²) in [7, 11) is 0. The predicted octanol–water partition coefficient (Wildman–Crippen LogP) is -0.492. The standard InChI is InChI=1S/C10H13ClN4O2/c11-10-7(2-1-3-14-10)4-15(5-8(12)16)6-9(13)17/h1-3H,4-6H2,(H2,12,16)(H2,13,17). The molecule has 0 bridgehead atoms. The number of pyridine rings is 1. The summed E-state index contributed by atoms with van der Waals surface area (Å²) in [6.07, 6.45) is 1.55. The molecule has 1 aromatic heterocycles. The van der Waals surface area contributed by atoms with Crippen LogP contribution in [0.25, 0.3) is 0 Å². The fraction of sp³-hybridized carbons (Fsp3) is 0.300. The first-order valence-corrected chi connectivity index (χ1v) is 5.25. The van der Waals surface area contributed by atoms with E-state index >= 15 is 0 Å². The molecule has 0 spiro atoms. The van der Waals surface area contributed by atoms with E-state index in [1.807, 2.05) is 0 Å². The van der Waals surface area contributed by atoms with E-state index in [1.54, 1.807) is 18.3 Å². The Hall–Kier alpha value is -1.66. The molecule has 7 heteroatoms. The fourth-order valence-corrected chi connectivity index (χ4v) is 1.57. The molecule has 1 aromatic rings. The second-order valence-corrected chi connectivity index (χ2v) is 3.89. The molecule has 1 rings (SSSR count). The van der Waals surface area contributed by atoms with Gasteiger partial charge in [0.25, 0.3) is 0 Å². The van der Waals surface area contributed by atoms with Crippen LogP contribution in [0.1, 0.15) is 5.56 Å². The first kappa shape index (κ1) is 13.4. The monoisotopic (exact) mass is 256 g/mol. The van der Waals surface area contributed by atoms with Crippen LogP contribution in [0, 0.1) is 0 Å². The Morgan fingerprint density at radius 2 is 1.88 bits per heavy atom. The molecule has 4 N–H and O–H groups in total. The highest BCUT2D eigenvalue weighted by Crippen LogP contribution is 2.13. The van der Waals surface area contributed by atoms with E-state index in [4.69, 9.17) is 23.1 Å². The number of halogens is 1. The Balaban J connectivity index is 2.75. The number of hydrogen-bond acceptors (Lipinski definition) is 4. The van der Waals surface area contributed by atoms with Gasteiger partial charge < -0.3 is 11.5 Å². The molecule has 17 heavy (non-hydrogen) atoms. The molecule has 0 aromatic carbocycles. The maximum atomic E-state index is 10.8. The second-order valence-electron chi connectivity index (χ2n) is 3.53. The number of nitrogens with zero attached hydrogens (tertiary/aromatic N) is 2.